The van der Waals surface area contributed by atoms with Crippen LogP contribution in [0.25, 0.3) is 0 Å². The Morgan fingerprint density at radius 3 is 2.67 bits per heavy atom. The Morgan fingerprint density at radius 2 is 2.11 bits per heavy atom. The summed E-state index contributed by atoms with van der Waals surface area (Å²) < 4.78 is 40.3. The van der Waals surface area contributed by atoms with Gasteiger partial charge in [0.2, 0.25) is 0 Å². The maximum absolute atomic E-state index is 13.6. The van der Waals surface area contributed by atoms with E-state index in [4.69, 9.17) is 25.6 Å². The van der Waals surface area contributed by atoms with E-state index in [2.05, 4.69) is 11.9 Å². The van der Waals surface area contributed by atoms with E-state index in [1.54, 1.807) is 20.8 Å². The highest BCUT2D eigenvalue weighted by Gasteiger charge is 2.38. The molecule has 0 aromatic heterocycles. The molecule has 2 rings (SSSR count). The van der Waals surface area contributed by atoms with Crippen LogP contribution >= 0.6 is 16.0 Å². The molecule has 0 aromatic rings. The van der Waals surface area contributed by atoms with E-state index >= 15 is 0 Å². The van der Waals surface area contributed by atoms with Crippen LogP contribution in [0.1, 0.15) is 33.6 Å². The summed E-state index contributed by atoms with van der Waals surface area (Å²) in [5, 5.41) is 2.33. The van der Waals surface area contributed by atoms with Gasteiger partial charge in [0, 0.05) is 6.20 Å². The second-order valence-electron chi connectivity index (χ2n) is 6.09. The van der Waals surface area contributed by atoms with Crippen molar-refractivity contribution in [3.05, 3.63) is 24.3 Å². The molecule has 0 saturated carbocycles. The van der Waals surface area contributed by atoms with Gasteiger partial charge >= 0.3 is 12.7 Å². The molecule has 7 nitrogen and oxygen atoms in total. The number of nitrogens with one attached hydrogen (secondary N) is 1. The van der Waals surface area contributed by atoms with Crippen LogP contribution in [0.15, 0.2) is 24.3 Å². The minimum atomic E-state index is -3.36. The van der Waals surface area contributed by atoms with Crippen LogP contribution < -0.4 is 5.32 Å². The van der Waals surface area contributed by atoms with Crippen LogP contribution in [0.2, 0.25) is 0 Å². The fourth-order valence-corrected chi connectivity index (χ4v) is 4.55. The van der Waals surface area contributed by atoms with Crippen molar-refractivity contribution in [1.82, 2.24) is 10.2 Å². The van der Waals surface area contributed by atoms with Crippen molar-refractivity contribution < 1.29 is 32.3 Å². The molecule has 0 aromatic carbocycles. The van der Waals surface area contributed by atoms with Crippen molar-refractivity contribution in [2.24, 2.45) is 0 Å². The molecule has 2 N–H and O–H groups in total. The summed E-state index contributed by atoms with van der Waals surface area (Å²) in [6.45, 7) is 5.24. The lowest BCUT2D eigenvalue weighted by atomic mass is 10.1. The molecular weight excluding hydrogens is 420 g/mol. The lowest BCUT2D eigenvalue weighted by Gasteiger charge is -2.30. The average molecular weight is 446 g/mol. The Labute approximate surface area is 165 Å². The van der Waals surface area contributed by atoms with Crippen molar-refractivity contribution >= 4 is 33.8 Å². The first kappa shape index (κ1) is 24.6. The number of amides is 2. The van der Waals surface area contributed by atoms with E-state index in [0.717, 1.165) is 11.1 Å². The van der Waals surface area contributed by atoms with E-state index in [1.165, 1.54) is 0 Å². The van der Waals surface area contributed by atoms with Gasteiger partial charge < -0.3 is 24.0 Å². The Kier molecular flexibility index (Phi) is 9.92. The highest BCUT2D eigenvalue weighted by molar-refractivity contribution is 8.07. The number of ether oxygens (including phenoxy) is 1. The quantitative estimate of drug-likeness (QED) is 0.606. The number of alkyl halides is 1. The van der Waals surface area contributed by atoms with Crippen LogP contribution in [0.4, 0.5) is 13.6 Å². The molecule has 0 spiro atoms. The molecule has 2 heterocycles. The molecule has 2 aliphatic rings. The number of nitrogens with zero attached hydrogens (tertiary/aromatic N) is 1. The molecule has 2 aliphatic heterocycles. The van der Waals surface area contributed by atoms with Gasteiger partial charge in [-0.15, -0.1) is 9.24 Å². The molecule has 12 heteroatoms. The van der Waals surface area contributed by atoms with Crippen molar-refractivity contribution in [3.63, 3.8) is 0 Å². The average Bonchev–Trinajstić information content (AvgIpc) is 2.99. The number of allylic oxidation sites excluding steroid dienone is 1. The highest BCUT2D eigenvalue weighted by Crippen LogP contribution is 2.47. The summed E-state index contributed by atoms with van der Waals surface area (Å²) in [6.07, 6.45) is 0.00414. The highest BCUT2D eigenvalue weighted by atomic mass is 32.5. The van der Waals surface area contributed by atoms with Crippen molar-refractivity contribution in [3.8, 4) is 0 Å². The molecule has 0 aliphatic carbocycles. The van der Waals surface area contributed by atoms with Gasteiger partial charge in [0.1, 0.15) is 12.6 Å². The molecule has 156 valence electrons. The van der Waals surface area contributed by atoms with E-state index in [0.29, 0.717) is 12.8 Å². The minimum Gasteiger partial charge on any atom is -0.352 e. The summed E-state index contributed by atoms with van der Waals surface area (Å²) in [6, 6.07) is -0.504. The van der Waals surface area contributed by atoms with Gasteiger partial charge in [-0.3, -0.25) is 4.90 Å². The van der Waals surface area contributed by atoms with Crippen LogP contribution in [-0.2, 0) is 25.6 Å². The van der Waals surface area contributed by atoms with Crippen LogP contribution in [0.3, 0.4) is 0 Å². The number of rotatable bonds is 6. The summed E-state index contributed by atoms with van der Waals surface area (Å²) in [5.41, 5.74) is -0.0747. The Morgan fingerprint density at radius 1 is 1.52 bits per heavy atom. The topological polar surface area (TPSA) is 80.3 Å². The Bertz CT molecular complexity index is 623. The van der Waals surface area contributed by atoms with Gasteiger partial charge in [-0.2, -0.15) is 0 Å². The van der Waals surface area contributed by atoms with Crippen molar-refractivity contribution in [2.45, 2.75) is 58.2 Å². The van der Waals surface area contributed by atoms with Crippen LogP contribution in [-0.4, -0.2) is 46.8 Å². The maximum atomic E-state index is 13.6. The number of halogens is 2. The second-order valence-corrected chi connectivity index (χ2v) is 9.14. The molecule has 4 unspecified atom stereocenters. The van der Waals surface area contributed by atoms with Gasteiger partial charge in [-0.1, -0.05) is 6.58 Å². The molecule has 0 bridgehead atoms. The summed E-state index contributed by atoms with van der Waals surface area (Å²) >= 11 is 4.96. The molecule has 1 saturated heterocycles. The van der Waals surface area contributed by atoms with E-state index in [1.807, 2.05) is 9.24 Å². The minimum absolute atomic E-state index is 0.0747. The lowest BCUT2D eigenvalue weighted by Crippen LogP contribution is -2.46. The Balaban J connectivity index is 0.00000114. The van der Waals surface area contributed by atoms with Crippen molar-refractivity contribution in [2.75, 3.05) is 6.42 Å². The third-order valence-corrected chi connectivity index (χ3v) is 5.34. The summed E-state index contributed by atoms with van der Waals surface area (Å²) in [7, 11) is 1.91. The SMILES string of the molecule is C=C1NC(=O)N(C2CCC([C@H](C)OP(O)(=S)OC(C)C)O2)C=C1F.FCP. The smallest absolute Gasteiger partial charge is 0.328 e. The second kappa shape index (κ2) is 10.9. The van der Waals surface area contributed by atoms with E-state index < -0.39 is 37.0 Å². The molecule has 0 radical (unpaired) electrons. The first-order valence-electron chi connectivity index (χ1n) is 8.27. The zero-order valence-corrected chi connectivity index (χ0v) is 18.3. The third kappa shape index (κ3) is 7.81. The van der Waals surface area contributed by atoms with Gasteiger partial charge in [0.15, 0.2) is 5.83 Å². The summed E-state index contributed by atoms with van der Waals surface area (Å²) in [4.78, 5) is 23.1. The number of urea groups is 1. The zero-order chi connectivity index (χ0) is 20.8. The monoisotopic (exact) mass is 446 g/mol. The number of carbonyl (C=O) groups excluding carboxylic acids is 1. The van der Waals surface area contributed by atoms with Gasteiger partial charge in [0.05, 0.1) is 24.0 Å². The first-order chi connectivity index (χ1) is 12.5. The van der Waals surface area contributed by atoms with E-state index in [-0.39, 0.29) is 18.2 Å². The normalized spacial score (nSPS) is 26.1. The Hall–Kier alpha value is -0.470. The van der Waals surface area contributed by atoms with Crippen LogP contribution in [0, 0.1) is 0 Å². The van der Waals surface area contributed by atoms with Gasteiger partial charge in [0.25, 0.3) is 0 Å². The lowest BCUT2D eigenvalue weighted by molar-refractivity contribution is -0.0603. The van der Waals surface area contributed by atoms with Crippen molar-refractivity contribution in [1.29, 1.82) is 0 Å². The van der Waals surface area contributed by atoms with E-state index in [9.17, 15) is 18.5 Å². The maximum Gasteiger partial charge on any atom is 0.328 e. The fraction of sp³-hybridized carbons (Fsp3) is 0.667. The summed E-state index contributed by atoms with van der Waals surface area (Å²) in [5.74, 6) is -0.623. The molecule has 1 fully saturated rings. The van der Waals surface area contributed by atoms with Gasteiger partial charge in [-0.25, -0.2) is 13.6 Å². The number of hydrogen-bond acceptors (Lipinski definition) is 5. The number of hydrogen-bond donors (Lipinski definition) is 2. The molecular formula is C15H26F2N2O5P2S. The third-order valence-electron chi connectivity index (χ3n) is 3.54. The zero-order valence-electron chi connectivity index (χ0n) is 15.4. The standard InChI is InChI=1S/C14H22FN2O5PS.CH4FP/c1-8(2)21-23(19,24)22-10(4)12-5-6-13(20-12)17-7-11(15)9(3)16-14(17)18;2-1-3/h7-8,10,12-13H,3,5-6H2,1-2,4H3,(H,16,18)(H,19,24);1,3H2/t10-,12?,13?,23?;/m0./s1. The molecule has 5 atom stereocenters. The van der Waals surface area contributed by atoms with Crippen LogP contribution in [0.5, 0.6) is 0 Å². The van der Waals surface area contributed by atoms with Gasteiger partial charge in [-0.05, 0) is 45.4 Å². The molecule has 27 heavy (non-hydrogen) atoms. The fourth-order valence-electron chi connectivity index (χ4n) is 2.49. The first-order valence-corrected chi connectivity index (χ1v) is 11.7. The number of carbonyl (C=O) groups is 1. The predicted molar refractivity (Wildman–Crippen MR) is 106 cm³/mol. The molecule has 2 amide bonds. The predicted octanol–water partition coefficient (Wildman–Crippen LogP) is 3.68. The largest absolute Gasteiger partial charge is 0.352 e.